The zero-order valence-electron chi connectivity index (χ0n) is 16.3. The molecule has 0 spiro atoms. The molecule has 0 aliphatic heterocycles. The van der Waals surface area contributed by atoms with Crippen LogP contribution in [0.25, 0.3) is 0 Å². The Morgan fingerprint density at radius 2 is 1.56 bits per heavy atom. The van der Waals surface area contributed by atoms with Crippen molar-refractivity contribution in [2.24, 2.45) is 0 Å². The van der Waals surface area contributed by atoms with Gasteiger partial charge < -0.3 is 20.2 Å². The molecule has 2 aromatic rings. The fourth-order valence-electron chi connectivity index (χ4n) is 3.11. The van der Waals surface area contributed by atoms with E-state index in [4.69, 9.17) is 0 Å². The number of hydrogen-bond acceptors (Lipinski definition) is 3. The summed E-state index contributed by atoms with van der Waals surface area (Å²) in [5.74, 6) is 0. The lowest BCUT2D eigenvalue weighted by Crippen LogP contribution is -2.50. The fraction of sp³-hybridized carbons (Fsp3) is 0.409. The predicted octanol–water partition coefficient (Wildman–Crippen LogP) is 2.41. The molecule has 0 aliphatic rings. The van der Waals surface area contributed by atoms with Gasteiger partial charge in [-0.05, 0) is 38.1 Å². The Morgan fingerprint density at radius 3 is 2.11 bits per heavy atom. The zero-order valence-corrected chi connectivity index (χ0v) is 16.3. The van der Waals surface area contributed by atoms with E-state index in [-0.39, 0.29) is 18.7 Å². The van der Waals surface area contributed by atoms with E-state index >= 15 is 0 Å². The summed E-state index contributed by atoms with van der Waals surface area (Å²) in [7, 11) is 4.01. The normalized spacial score (nSPS) is 12.0. The van der Waals surface area contributed by atoms with Gasteiger partial charge in [-0.3, -0.25) is 0 Å². The Morgan fingerprint density at radius 1 is 0.963 bits per heavy atom. The van der Waals surface area contributed by atoms with Crippen LogP contribution in [-0.4, -0.2) is 67.3 Å². The van der Waals surface area contributed by atoms with Crippen LogP contribution in [0.5, 0.6) is 0 Å². The number of aliphatic hydroxyl groups excluding tert-OH is 1. The van der Waals surface area contributed by atoms with Gasteiger partial charge in [-0.15, -0.1) is 0 Å². The number of rotatable bonds is 10. The Hall–Kier alpha value is -2.37. The third kappa shape index (κ3) is 7.81. The van der Waals surface area contributed by atoms with Crippen LogP contribution in [-0.2, 0) is 12.8 Å². The van der Waals surface area contributed by atoms with E-state index in [0.717, 1.165) is 19.4 Å². The minimum atomic E-state index is -0.122. The highest BCUT2D eigenvalue weighted by atomic mass is 16.3. The first-order valence-electron chi connectivity index (χ1n) is 9.47. The second-order valence-corrected chi connectivity index (χ2v) is 7.04. The minimum Gasteiger partial charge on any atom is -0.395 e. The van der Waals surface area contributed by atoms with E-state index in [1.165, 1.54) is 11.1 Å². The summed E-state index contributed by atoms with van der Waals surface area (Å²) in [6.45, 7) is 1.63. The van der Waals surface area contributed by atoms with Gasteiger partial charge in [-0.25, -0.2) is 4.79 Å². The van der Waals surface area contributed by atoms with Crippen molar-refractivity contribution in [3.63, 3.8) is 0 Å². The van der Waals surface area contributed by atoms with Crippen molar-refractivity contribution in [2.75, 3.05) is 40.3 Å². The van der Waals surface area contributed by atoms with Crippen LogP contribution >= 0.6 is 0 Å². The second kappa shape index (κ2) is 11.4. The smallest absolute Gasteiger partial charge is 0.317 e. The molecule has 0 aromatic heterocycles. The standard InChI is InChI=1S/C22H31N3O2/c1-24(2)18-21(17-20-11-7-4-8-12-20)23-22(27)25(15-16-26)14-13-19-9-5-3-6-10-19/h3-12,21,26H,13-18H2,1-2H3,(H,23,27)/t21-/m0/s1. The molecule has 2 amide bonds. The van der Waals surface area contributed by atoms with E-state index in [1.807, 2.05) is 50.5 Å². The molecule has 0 fully saturated rings. The molecule has 2 rings (SSSR count). The van der Waals surface area contributed by atoms with E-state index < -0.39 is 0 Å². The van der Waals surface area contributed by atoms with Crippen LogP contribution in [0.3, 0.4) is 0 Å². The van der Waals surface area contributed by atoms with E-state index in [2.05, 4.69) is 34.5 Å². The monoisotopic (exact) mass is 369 g/mol. The minimum absolute atomic E-state index is 0.00724. The highest BCUT2D eigenvalue weighted by Gasteiger charge is 2.19. The first kappa shape index (κ1) is 20.9. The van der Waals surface area contributed by atoms with Gasteiger partial charge in [-0.1, -0.05) is 60.7 Å². The summed E-state index contributed by atoms with van der Waals surface area (Å²) >= 11 is 0. The third-order valence-electron chi connectivity index (χ3n) is 4.41. The first-order chi connectivity index (χ1) is 13.1. The van der Waals surface area contributed by atoms with E-state index in [1.54, 1.807) is 4.90 Å². The number of nitrogens with one attached hydrogen (secondary N) is 1. The number of hydrogen-bond donors (Lipinski definition) is 2. The van der Waals surface area contributed by atoms with Crippen molar-refractivity contribution in [3.05, 3.63) is 71.8 Å². The summed E-state index contributed by atoms with van der Waals surface area (Å²) in [5.41, 5.74) is 2.38. The van der Waals surface area contributed by atoms with Gasteiger partial charge in [0, 0.05) is 25.7 Å². The van der Waals surface area contributed by atoms with Crippen LogP contribution in [0.1, 0.15) is 11.1 Å². The second-order valence-electron chi connectivity index (χ2n) is 7.04. The van der Waals surface area contributed by atoms with Gasteiger partial charge in [0.25, 0.3) is 0 Å². The SMILES string of the molecule is CN(C)C[C@H](Cc1ccccc1)NC(=O)N(CCO)CCc1ccccc1. The molecular weight excluding hydrogens is 338 g/mol. The van der Waals surface area contributed by atoms with Gasteiger partial charge in [0.1, 0.15) is 0 Å². The maximum Gasteiger partial charge on any atom is 0.317 e. The van der Waals surface area contributed by atoms with Gasteiger partial charge in [0.2, 0.25) is 0 Å². The van der Waals surface area contributed by atoms with Crippen LogP contribution in [0.2, 0.25) is 0 Å². The molecule has 0 aliphatic carbocycles. The third-order valence-corrected chi connectivity index (χ3v) is 4.41. The number of urea groups is 1. The largest absolute Gasteiger partial charge is 0.395 e. The molecule has 0 saturated carbocycles. The summed E-state index contributed by atoms with van der Waals surface area (Å²) in [6.07, 6.45) is 1.54. The average Bonchev–Trinajstić information content (AvgIpc) is 2.66. The number of nitrogens with zero attached hydrogens (tertiary/aromatic N) is 2. The zero-order chi connectivity index (χ0) is 19.5. The van der Waals surface area contributed by atoms with Crippen LogP contribution in [0.4, 0.5) is 4.79 Å². The number of aliphatic hydroxyl groups is 1. The summed E-state index contributed by atoms with van der Waals surface area (Å²) in [4.78, 5) is 16.6. The molecule has 5 nitrogen and oxygen atoms in total. The number of carbonyl (C=O) groups is 1. The van der Waals surface area contributed by atoms with Gasteiger partial charge in [0.15, 0.2) is 0 Å². The number of benzene rings is 2. The van der Waals surface area contributed by atoms with Crippen molar-refractivity contribution in [1.82, 2.24) is 15.1 Å². The molecule has 2 N–H and O–H groups in total. The van der Waals surface area contributed by atoms with Gasteiger partial charge in [0.05, 0.1) is 6.61 Å². The molecule has 1 atom stereocenters. The Kier molecular flexibility index (Phi) is 8.81. The topological polar surface area (TPSA) is 55.8 Å². The molecule has 0 saturated heterocycles. The molecule has 5 heteroatoms. The van der Waals surface area contributed by atoms with Crippen LogP contribution < -0.4 is 5.32 Å². The van der Waals surface area contributed by atoms with E-state index in [9.17, 15) is 9.90 Å². The van der Waals surface area contributed by atoms with Crippen LogP contribution in [0, 0.1) is 0 Å². The van der Waals surface area contributed by atoms with Crippen molar-refractivity contribution in [3.8, 4) is 0 Å². The van der Waals surface area contributed by atoms with Crippen molar-refractivity contribution in [1.29, 1.82) is 0 Å². The lowest BCUT2D eigenvalue weighted by atomic mass is 10.1. The van der Waals surface area contributed by atoms with Crippen molar-refractivity contribution < 1.29 is 9.90 Å². The van der Waals surface area contributed by atoms with Crippen LogP contribution in [0.15, 0.2) is 60.7 Å². The Bertz CT molecular complexity index is 662. The fourth-order valence-corrected chi connectivity index (χ4v) is 3.11. The molecule has 2 aromatic carbocycles. The van der Waals surface area contributed by atoms with E-state index in [0.29, 0.717) is 13.1 Å². The summed E-state index contributed by atoms with van der Waals surface area (Å²) in [5, 5.41) is 12.5. The molecular formula is C22H31N3O2. The van der Waals surface area contributed by atoms with Crippen molar-refractivity contribution in [2.45, 2.75) is 18.9 Å². The molecule has 0 heterocycles. The summed E-state index contributed by atoms with van der Waals surface area (Å²) in [6, 6.07) is 20.2. The molecule has 146 valence electrons. The molecule has 27 heavy (non-hydrogen) atoms. The van der Waals surface area contributed by atoms with Gasteiger partial charge >= 0.3 is 6.03 Å². The first-order valence-corrected chi connectivity index (χ1v) is 9.47. The highest BCUT2D eigenvalue weighted by molar-refractivity contribution is 5.74. The number of likely N-dealkylation sites (N-methyl/N-ethyl adjacent to an activating group) is 1. The quantitative estimate of drug-likeness (QED) is 0.676. The maximum atomic E-state index is 12.8. The van der Waals surface area contributed by atoms with Crippen molar-refractivity contribution >= 4 is 6.03 Å². The number of amides is 2. The molecule has 0 radical (unpaired) electrons. The molecule has 0 unspecified atom stereocenters. The number of carbonyl (C=O) groups excluding carboxylic acids is 1. The average molecular weight is 370 g/mol. The maximum absolute atomic E-state index is 12.8. The summed E-state index contributed by atoms with van der Waals surface area (Å²) < 4.78 is 0. The predicted molar refractivity (Wildman–Crippen MR) is 110 cm³/mol. The highest BCUT2D eigenvalue weighted by Crippen LogP contribution is 2.06. The lowest BCUT2D eigenvalue weighted by Gasteiger charge is -2.28. The Balaban J connectivity index is 1.98. The Labute approximate surface area is 162 Å². The lowest BCUT2D eigenvalue weighted by molar-refractivity contribution is 0.172. The molecule has 0 bridgehead atoms. The van der Waals surface area contributed by atoms with Gasteiger partial charge in [-0.2, -0.15) is 0 Å².